The molecule has 10 nitrogen and oxygen atoms in total. The first-order valence-corrected chi connectivity index (χ1v) is 10.2. The van der Waals surface area contributed by atoms with E-state index in [1.807, 2.05) is 11.0 Å². The summed E-state index contributed by atoms with van der Waals surface area (Å²) in [7, 11) is 0. The molecule has 1 spiro atoms. The van der Waals surface area contributed by atoms with Gasteiger partial charge in [0.2, 0.25) is 5.95 Å². The number of carbonyl (C=O) groups is 2. The molecule has 1 atom stereocenters. The Balaban J connectivity index is 0.000000383. The molecule has 4 rings (SSSR count). The van der Waals surface area contributed by atoms with Crippen LogP contribution in [0.25, 0.3) is 0 Å². The summed E-state index contributed by atoms with van der Waals surface area (Å²) >= 11 is 0. The minimum atomic E-state index is -5.08. The van der Waals surface area contributed by atoms with Crippen molar-refractivity contribution in [1.82, 2.24) is 24.8 Å². The molecule has 0 saturated carbocycles. The van der Waals surface area contributed by atoms with Crippen molar-refractivity contribution in [3.05, 3.63) is 42.7 Å². The van der Waals surface area contributed by atoms with E-state index in [0.717, 1.165) is 38.4 Å². The van der Waals surface area contributed by atoms with E-state index in [9.17, 15) is 18.0 Å². The number of aromatic nitrogens is 4. The van der Waals surface area contributed by atoms with E-state index < -0.39 is 12.1 Å². The third-order valence-electron chi connectivity index (χ3n) is 5.25. The lowest BCUT2D eigenvalue weighted by Gasteiger charge is -2.43. The molecular formula is C20H23F3N6O4. The number of rotatable bonds is 2. The highest BCUT2D eigenvalue weighted by atomic mass is 19.4. The van der Waals surface area contributed by atoms with Crippen molar-refractivity contribution in [3.8, 4) is 0 Å². The van der Waals surface area contributed by atoms with Gasteiger partial charge in [-0.1, -0.05) is 0 Å². The molecule has 0 radical (unpaired) electrons. The van der Waals surface area contributed by atoms with Crippen molar-refractivity contribution < 1.29 is 32.6 Å². The van der Waals surface area contributed by atoms with E-state index >= 15 is 0 Å². The SMILES string of the molecule is O=C(O)C(F)(F)F.O=C(c1cnccn1)N1CCCC2(COCCN(c3ncccn3)C2)C1. The van der Waals surface area contributed by atoms with Crippen molar-refractivity contribution in [3.63, 3.8) is 0 Å². The number of amides is 1. The second-order valence-electron chi connectivity index (χ2n) is 7.75. The molecule has 2 aromatic rings. The molecule has 178 valence electrons. The molecule has 4 heterocycles. The van der Waals surface area contributed by atoms with Gasteiger partial charge >= 0.3 is 12.1 Å². The van der Waals surface area contributed by atoms with Crippen LogP contribution < -0.4 is 4.90 Å². The van der Waals surface area contributed by atoms with Crippen LogP contribution >= 0.6 is 0 Å². The number of hydrogen-bond donors (Lipinski definition) is 1. The molecule has 1 unspecified atom stereocenters. The van der Waals surface area contributed by atoms with Crippen molar-refractivity contribution in [2.75, 3.05) is 44.3 Å². The molecule has 0 aliphatic carbocycles. The Hall–Kier alpha value is -3.35. The van der Waals surface area contributed by atoms with E-state index in [2.05, 4.69) is 24.8 Å². The number of carbonyl (C=O) groups excluding carboxylic acids is 1. The number of halogens is 3. The summed E-state index contributed by atoms with van der Waals surface area (Å²) in [6.07, 6.45) is 5.04. The maximum absolute atomic E-state index is 12.8. The summed E-state index contributed by atoms with van der Waals surface area (Å²) in [6, 6.07) is 1.81. The fourth-order valence-corrected chi connectivity index (χ4v) is 3.82. The highest BCUT2D eigenvalue weighted by Crippen LogP contribution is 2.34. The number of likely N-dealkylation sites (tertiary alicyclic amines) is 1. The standard InChI is InChI=1S/C18H22N6O2.C2HF3O2/c25-16(15-11-19-6-7-20-15)23-8-1-3-18(12-23)13-24(9-10-26-14-18)17-21-4-2-5-22-17;3-2(4,5)1(6)7/h2,4-7,11H,1,3,8-10,12-14H2;(H,6,7). The van der Waals surface area contributed by atoms with E-state index in [0.29, 0.717) is 25.5 Å². The molecular weight excluding hydrogens is 445 g/mol. The minimum Gasteiger partial charge on any atom is -0.475 e. The smallest absolute Gasteiger partial charge is 0.475 e. The predicted molar refractivity (Wildman–Crippen MR) is 108 cm³/mol. The third-order valence-corrected chi connectivity index (χ3v) is 5.25. The first kappa shape index (κ1) is 24.3. The molecule has 1 amide bonds. The van der Waals surface area contributed by atoms with Crippen LogP contribution in [-0.4, -0.2) is 87.4 Å². The van der Waals surface area contributed by atoms with Crippen molar-refractivity contribution in [2.24, 2.45) is 5.41 Å². The zero-order valence-electron chi connectivity index (χ0n) is 17.6. The highest BCUT2D eigenvalue weighted by molar-refractivity contribution is 5.92. The molecule has 33 heavy (non-hydrogen) atoms. The second-order valence-corrected chi connectivity index (χ2v) is 7.75. The Labute approximate surface area is 187 Å². The molecule has 0 bridgehead atoms. The van der Waals surface area contributed by atoms with Gasteiger partial charge in [-0.3, -0.25) is 9.78 Å². The van der Waals surface area contributed by atoms with Crippen molar-refractivity contribution in [1.29, 1.82) is 0 Å². The van der Waals surface area contributed by atoms with Crippen LogP contribution in [0.4, 0.5) is 19.1 Å². The normalized spacial score (nSPS) is 21.1. The first-order valence-electron chi connectivity index (χ1n) is 10.2. The first-order chi connectivity index (χ1) is 15.7. The number of piperidine rings is 1. The molecule has 2 fully saturated rings. The lowest BCUT2D eigenvalue weighted by Crippen LogP contribution is -2.52. The summed E-state index contributed by atoms with van der Waals surface area (Å²) < 4.78 is 37.6. The zero-order chi connectivity index (χ0) is 23.9. The Morgan fingerprint density at radius 3 is 2.42 bits per heavy atom. The van der Waals surface area contributed by atoms with Crippen molar-refractivity contribution in [2.45, 2.75) is 19.0 Å². The molecule has 0 aromatic carbocycles. The Bertz CT molecular complexity index is 934. The van der Waals surface area contributed by atoms with Crippen LogP contribution in [0.15, 0.2) is 37.1 Å². The fourth-order valence-electron chi connectivity index (χ4n) is 3.82. The fraction of sp³-hybridized carbons (Fsp3) is 0.500. The Kier molecular flexibility index (Phi) is 7.74. The zero-order valence-corrected chi connectivity index (χ0v) is 17.6. The monoisotopic (exact) mass is 468 g/mol. The van der Waals surface area contributed by atoms with E-state index in [4.69, 9.17) is 14.6 Å². The summed E-state index contributed by atoms with van der Waals surface area (Å²) in [5.41, 5.74) is 0.272. The number of alkyl halides is 3. The topological polar surface area (TPSA) is 122 Å². The molecule has 2 saturated heterocycles. The molecule has 2 aliphatic rings. The van der Waals surface area contributed by atoms with Gasteiger partial charge in [-0.15, -0.1) is 0 Å². The maximum atomic E-state index is 12.8. The van der Waals surface area contributed by atoms with Gasteiger partial charge in [-0.25, -0.2) is 19.7 Å². The average Bonchev–Trinajstić information content (AvgIpc) is 3.02. The van der Waals surface area contributed by atoms with Gasteiger partial charge in [0.25, 0.3) is 5.91 Å². The van der Waals surface area contributed by atoms with Gasteiger partial charge in [0.05, 0.1) is 19.4 Å². The van der Waals surface area contributed by atoms with E-state index in [1.54, 1.807) is 24.8 Å². The van der Waals surface area contributed by atoms with Gasteiger partial charge in [-0.2, -0.15) is 13.2 Å². The van der Waals surface area contributed by atoms with E-state index in [-0.39, 0.29) is 11.3 Å². The number of ether oxygens (including phenoxy) is 1. The summed E-state index contributed by atoms with van der Waals surface area (Å²) in [4.78, 5) is 42.7. The number of carboxylic acid groups (broad SMARTS) is 1. The number of aliphatic carboxylic acids is 1. The lowest BCUT2D eigenvalue weighted by atomic mass is 9.80. The van der Waals surface area contributed by atoms with Gasteiger partial charge in [0.1, 0.15) is 5.69 Å². The molecule has 2 aliphatic heterocycles. The largest absolute Gasteiger partial charge is 0.490 e. The quantitative estimate of drug-likeness (QED) is 0.701. The van der Waals surface area contributed by atoms with Gasteiger partial charge in [0, 0.05) is 56.4 Å². The van der Waals surface area contributed by atoms with Crippen molar-refractivity contribution >= 4 is 17.8 Å². The van der Waals surface area contributed by atoms with Crippen LogP contribution in [0.3, 0.4) is 0 Å². The maximum Gasteiger partial charge on any atom is 0.490 e. The number of carboxylic acids is 1. The second kappa shape index (κ2) is 10.5. The van der Waals surface area contributed by atoms with E-state index in [1.165, 1.54) is 6.20 Å². The number of hydrogen-bond acceptors (Lipinski definition) is 8. The number of anilines is 1. The Morgan fingerprint density at radius 2 is 1.79 bits per heavy atom. The van der Waals surface area contributed by atoms with Gasteiger partial charge in [-0.05, 0) is 18.9 Å². The van der Waals surface area contributed by atoms with Crippen LogP contribution in [0.1, 0.15) is 23.3 Å². The Morgan fingerprint density at radius 1 is 1.06 bits per heavy atom. The van der Waals surface area contributed by atoms with Crippen LogP contribution in [0.5, 0.6) is 0 Å². The van der Waals surface area contributed by atoms with Gasteiger partial charge < -0.3 is 19.6 Å². The summed E-state index contributed by atoms with van der Waals surface area (Å²) in [5, 5.41) is 7.12. The highest BCUT2D eigenvalue weighted by Gasteiger charge is 2.41. The molecule has 13 heteroatoms. The van der Waals surface area contributed by atoms with Crippen LogP contribution in [0, 0.1) is 5.41 Å². The predicted octanol–water partition coefficient (Wildman–Crippen LogP) is 1.66. The average molecular weight is 468 g/mol. The molecule has 2 aromatic heterocycles. The van der Waals surface area contributed by atoms with Crippen LogP contribution in [0.2, 0.25) is 0 Å². The lowest BCUT2D eigenvalue weighted by molar-refractivity contribution is -0.192. The molecule has 1 N–H and O–H groups in total. The van der Waals surface area contributed by atoms with Crippen LogP contribution in [-0.2, 0) is 9.53 Å². The minimum absolute atomic E-state index is 0.0658. The third kappa shape index (κ3) is 6.57. The summed E-state index contributed by atoms with van der Waals surface area (Å²) in [5.74, 6) is -2.11. The van der Waals surface area contributed by atoms with Gasteiger partial charge in [0.15, 0.2) is 0 Å². The summed E-state index contributed by atoms with van der Waals surface area (Å²) in [6.45, 7) is 4.19. The number of nitrogens with zero attached hydrogens (tertiary/aromatic N) is 6.